The van der Waals surface area contributed by atoms with Gasteiger partial charge in [0.05, 0.1) is 0 Å². The molecule has 0 aromatic carbocycles. The van der Waals surface area contributed by atoms with Crippen LogP contribution in [0.1, 0.15) is 25.7 Å². The van der Waals surface area contributed by atoms with Crippen molar-refractivity contribution in [2.45, 2.75) is 25.7 Å². The first-order chi connectivity index (χ1) is 5.27. The molecule has 74 valence electrons. The summed E-state index contributed by atoms with van der Waals surface area (Å²) in [6.07, 6.45) is 4.60. The fourth-order valence-corrected chi connectivity index (χ4v) is 1.18. The van der Waals surface area contributed by atoms with Gasteiger partial charge in [-0.15, -0.1) is 12.4 Å². The predicted octanol–water partition coefficient (Wildman–Crippen LogP) is 2.03. The van der Waals surface area contributed by atoms with Crippen LogP contribution in [-0.4, -0.2) is 17.9 Å². The number of carbonyl (C=O) groups excluding carboxylic acids is 1. The van der Waals surface area contributed by atoms with Gasteiger partial charge in [0.2, 0.25) is 0 Å². The maximum absolute atomic E-state index is 10.2. The number of amides is 2. The van der Waals surface area contributed by atoms with Gasteiger partial charge in [-0.05, 0) is 12.8 Å². The minimum absolute atomic E-state index is 0. The molecule has 0 saturated carbocycles. The molecule has 3 nitrogen and oxygen atoms in total. The summed E-state index contributed by atoms with van der Waals surface area (Å²) in [5.74, 6) is 0. The summed E-state index contributed by atoms with van der Waals surface area (Å²) in [6, 6.07) is -0.425. The Morgan fingerprint density at radius 2 is 1.83 bits per heavy atom. The molecule has 0 unspecified atom stereocenters. The molecule has 2 amide bonds. The number of hydrogen-bond acceptors (Lipinski definition) is 1. The van der Waals surface area contributed by atoms with E-state index in [1.54, 1.807) is 0 Å². The standard InChI is InChI=1S/C7H15BrN2O.ClH/c8-5-3-1-2-4-6-10-7(9)11;/h1-6H2,(H3,9,10,11);1H. The molecule has 0 rings (SSSR count). The zero-order chi connectivity index (χ0) is 8.53. The van der Waals surface area contributed by atoms with Gasteiger partial charge in [0.1, 0.15) is 0 Å². The Bertz CT molecular complexity index is 114. The van der Waals surface area contributed by atoms with Crippen molar-refractivity contribution in [2.24, 2.45) is 5.73 Å². The third kappa shape index (κ3) is 12.7. The first-order valence-electron chi connectivity index (χ1n) is 3.86. The van der Waals surface area contributed by atoms with Crippen molar-refractivity contribution >= 4 is 34.4 Å². The molecule has 12 heavy (non-hydrogen) atoms. The Hall–Kier alpha value is 0.0400. The van der Waals surface area contributed by atoms with Crippen LogP contribution in [-0.2, 0) is 0 Å². The van der Waals surface area contributed by atoms with Crippen molar-refractivity contribution in [3.05, 3.63) is 0 Å². The number of unbranched alkanes of at least 4 members (excludes halogenated alkanes) is 3. The van der Waals surface area contributed by atoms with Gasteiger partial charge in [-0.3, -0.25) is 0 Å². The SMILES string of the molecule is Cl.NC(=O)NCCCCCCBr. The largest absolute Gasteiger partial charge is 0.352 e. The molecule has 3 N–H and O–H groups in total. The maximum Gasteiger partial charge on any atom is 0.312 e. The first-order valence-corrected chi connectivity index (χ1v) is 4.99. The Morgan fingerprint density at radius 1 is 1.25 bits per heavy atom. The summed E-state index contributed by atoms with van der Waals surface area (Å²) < 4.78 is 0. The zero-order valence-corrected chi connectivity index (χ0v) is 9.42. The molecule has 0 aliphatic heterocycles. The van der Waals surface area contributed by atoms with Crippen LogP contribution in [0.2, 0.25) is 0 Å². The van der Waals surface area contributed by atoms with E-state index in [1.165, 1.54) is 12.8 Å². The molecule has 0 saturated heterocycles. The zero-order valence-electron chi connectivity index (χ0n) is 7.01. The third-order valence-electron chi connectivity index (χ3n) is 1.36. The molecular weight excluding hydrogens is 243 g/mol. The van der Waals surface area contributed by atoms with E-state index < -0.39 is 6.03 Å². The highest BCUT2D eigenvalue weighted by Crippen LogP contribution is 2.00. The van der Waals surface area contributed by atoms with E-state index in [4.69, 9.17) is 5.73 Å². The smallest absolute Gasteiger partial charge is 0.312 e. The van der Waals surface area contributed by atoms with Crippen molar-refractivity contribution in [3.8, 4) is 0 Å². The van der Waals surface area contributed by atoms with E-state index >= 15 is 0 Å². The molecule has 0 radical (unpaired) electrons. The average Bonchev–Trinajstić information content (AvgIpc) is 1.96. The van der Waals surface area contributed by atoms with E-state index in [1.807, 2.05) is 0 Å². The van der Waals surface area contributed by atoms with Crippen molar-refractivity contribution < 1.29 is 4.79 Å². The van der Waals surface area contributed by atoms with Crippen molar-refractivity contribution in [3.63, 3.8) is 0 Å². The summed E-state index contributed by atoms with van der Waals surface area (Å²) >= 11 is 3.35. The van der Waals surface area contributed by atoms with Gasteiger partial charge in [-0.2, -0.15) is 0 Å². The summed E-state index contributed by atoms with van der Waals surface area (Å²) in [5, 5.41) is 3.62. The van der Waals surface area contributed by atoms with Crippen LogP contribution in [0.4, 0.5) is 4.79 Å². The molecule has 0 aromatic rings. The van der Waals surface area contributed by atoms with Crippen LogP contribution < -0.4 is 11.1 Å². The average molecular weight is 260 g/mol. The van der Waals surface area contributed by atoms with Gasteiger partial charge in [-0.25, -0.2) is 4.79 Å². The molecule has 0 aromatic heterocycles. The van der Waals surface area contributed by atoms with E-state index in [0.717, 1.165) is 18.2 Å². The summed E-state index contributed by atoms with van der Waals surface area (Å²) in [4.78, 5) is 10.2. The number of nitrogens with two attached hydrogens (primary N) is 1. The maximum atomic E-state index is 10.2. The van der Waals surface area contributed by atoms with Crippen LogP contribution in [0.25, 0.3) is 0 Å². The lowest BCUT2D eigenvalue weighted by Crippen LogP contribution is -2.29. The summed E-state index contributed by atoms with van der Waals surface area (Å²) in [7, 11) is 0. The second-order valence-electron chi connectivity index (χ2n) is 2.39. The Morgan fingerprint density at radius 3 is 2.33 bits per heavy atom. The van der Waals surface area contributed by atoms with Crippen LogP contribution in [0.3, 0.4) is 0 Å². The lowest BCUT2D eigenvalue weighted by Gasteiger charge is -2.00. The molecule has 5 heteroatoms. The van der Waals surface area contributed by atoms with Crippen molar-refractivity contribution in [2.75, 3.05) is 11.9 Å². The Balaban J connectivity index is 0. The number of nitrogens with one attached hydrogen (secondary N) is 1. The Kier molecular flexibility index (Phi) is 13.4. The molecule has 0 fully saturated rings. The highest BCUT2D eigenvalue weighted by Gasteiger charge is 1.91. The molecule has 0 aliphatic carbocycles. The van der Waals surface area contributed by atoms with Crippen molar-refractivity contribution in [1.82, 2.24) is 5.32 Å². The second-order valence-corrected chi connectivity index (χ2v) is 3.19. The number of urea groups is 1. The van der Waals surface area contributed by atoms with E-state index in [9.17, 15) is 4.79 Å². The molecule has 0 aliphatic rings. The summed E-state index contributed by atoms with van der Waals surface area (Å²) in [5.41, 5.74) is 4.88. The number of rotatable bonds is 6. The van der Waals surface area contributed by atoms with Gasteiger partial charge < -0.3 is 11.1 Å². The molecule has 0 atom stereocenters. The number of hydrogen-bond donors (Lipinski definition) is 2. The quantitative estimate of drug-likeness (QED) is 0.556. The van der Waals surface area contributed by atoms with Crippen molar-refractivity contribution in [1.29, 1.82) is 0 Å². The summed E-state index contributed by atoms with van der Waals surface area (Å²) in [6.45, 7) is 0.706. The van der Waals surface area contributed by atoms with Gasteiger partial charge in [-0.1, -0.05) is 28.8 Å². The fourth-order valence-electron chi connectivity index (χ4n) is 0.785. The van der Waals surface area contributed by atoms with Gasteiger partial charge in [0.15, 0.2) is 0 Å². The topological polar surface area (TPSA) is 55.1 Å². The lowest BCUT2D eigenvalue weighted by atomic mass is 10.2. The minimum Gasteiger partial charge on any atom is -0.352 e. The van der Waals surface area contributed by atoms with Crippen LogP contribution >= 0.6 is 28.3 Å². The number of halogens is 2. The normalized spacial score (nSPS) is 8.75. The molecular formula is C7H16BrClN2O. The van der Waals surface area contributed by atoms with Crippen LogP contribution in [0.5, 0.6) is 0 Å². The fraction of sp³-hybridized carbons (Fsp3) is 0.857. The first kappa shape index (κ1) is 14.6. The number of alkyl halides is 1. The van der Waals surface area contributed by atoms with E-state index in [-0.39, 0.29) is 12.4 Å². The van der Waals surface area contributed by atoms with Gasteiger partial charge >= 0.3 is 6.03 Å². The van der Waals surface area contributed by atoms with E-state index in [0.29, 0.717) is 6.54 Å². The monoisotopic (exact) mass is 258 g/mol. The predicted molar refractivity (Wildman–Crippen MR) is 57.1 cm³/mol. The molecule has 0 bridgehead atoms. The Labute approximate surface area is 88.0 Å². The minimum atomic E-state index is -0.425. The van der Waals surface area contributed by atoms with Crippen LogP contribution in [0.15, 0.2) is 0 Å². The lowest BCUT2D eigenvalue weighted by molar-refractivity contribution is 0.248. The highest BCUT2D eigenvalue weighted by atomic mass is 79.9. The molecule has 0 heterocycles. The van der Waals surface area contributed by atoms with Crippen LogP contribution in [0, 0.1) is 0 Å². The van der Waals surface area contributed by atoms with Gasteiger partial charge in [0.25, 0.3) is 0 Å². The second kappa shape index (κ2) is 11.0. The number of primary amides is 1. The highest BCUT2D eigenvalue weighted by molar-refractivity contribution is 9.09. The number of carbonyl (C=O) groups is 1. The van der Waals surface area contributed by atoms with Gasteiger partial charge in [0, 0.05) is 11.9 Å². The third-order valence-corrected chi connectivity index (χ3v) is 1.92. The molecule has 0 spiro atoms. The van der Waals surface area contributed by atoms with E-state index in [2.05, 4.69) is 21.2 Å².